The minimum Gasteiger partial charge on any atom is -0.356 e. The maximum Gasteiger partial charge on any atom is 0.119 e. The van der Waals surface area contributed by atoms with Crippen molar-refractivity contribution >= 4 is 0 Å². The molecule has 0 aromatic rings. The third kappa shape index (κ3) is 1.96. The third-order valence-electron chi connectivity index (χ3n) is 3.69. The first-order valence-electron chi connectivity index (χ1n) is 6.21. The van der Waals surface area contributed by atoms with Crippen LogP contribution in [-0.4, -0.2) is 17.9 Å². The van der Waals surface area contributed by atoms with Crippen molar-refractivity contribution in [2.45, 2.75) is 76.7 Å². The van der Waals surface area contributed by atoms with Gasteiger partial charge in [-0.05, 0) is 39.0 Å². The van der Waals surface area contributed by atoms with E-state index in [9.17, 15) is 0 Å². The van der Waals surface area contributed by atoms with Gasteiger partial charge in [-0.1, -0.05) is 19.8 Å². The third-order valence-corrected chi connectivity index (χ3v) is 3.69. The lowest BCUT2D eigenvalue weighted by Gasteiger charge is -2.33. The summed E-state index contributed by atoms with van der Waals surface area (Å²) >= 11 is 0. The topological polar surface area (TPSA) is 21.3 Å². The Kier molecular flexibility index (Phi) is 3.13. The molecule has 1 saturated carbocycles. The lowest BCUT2D eigenvalue weighted by molar-refractivity contribution is -0.0682. The van der Waals surface area contributed by atoms with Crippen molar-refractivity contribution in [2.75, 3.05) is 0 Å². The number of ether oxygens (including phenoxy) is 1. The SMILES string of the molecule is CCC[C@H]1NC2(CCCCC2)O[C@H]1C. The van der Waals surface area contributed by atoms with Crippen LogP contribution in [0.2, 0.25) is 0 Å². The van der Waals surface area contributed by atoms with Gasteiger partial charge in [-0.15, -0.1) is 0 Å². The van der Waals surface area contributed by atoms with Gasteiger partial charge >= 0.3 is 0 Å². The minimum atomic E-state index is 0.0670. The van der Waals surface area contributed by atoms with Crippen LogP contribution in [0.3, 0.4) is 0 Å². The van der Waals surface area contributed by atoms with Crippen LogP contribution in [-0.2, 0) is 4.74 Å². The first-order valence-corrected chi connectivity index (χ1v) is 6.21. The summed E-state index contributed by atoms with van der Waals surface area (Å²) in [7, 11) is 0. The van der Waals surface area contributed by atoms with E-state index in [-0.39, 0.29) is 5.72 Å². The Morgan fingerprint density at radius 3 is 2.64 bits per heavy atom. The lowest BCUT2D eigenvalue weighted by Crippen LogP contribution is -2.45. The average molecular weight is 197 g/mol. The Morgan fingerprint density at radius 1 is 1.29 bits per heavy atom. The number of rotatable bonds is 2. The lowest BCUT2D eigenvalue weighted by atomic mass is 9.91. The van der Waals surface area contributed by atoms with Gasteiger partial charge in [0.15, 0.2) is 0 Å². The van der Waals surface area contributed by atoms with E-state index < -0.39 is 0 Å². The van der Waals surface area contributed by atoms with Gasteiger partial charge in [-0.3, -0.25) is 5.32 Å². The normalized spacial score (nSPS) is 36.4. The molecule has 1 aliphatic heterocycles. The van der Waals surface area contributed by atoms with E-state index in [0.717, 1.165) is 0 Å². The first-order chi connectivity index (χ1) is 6.76. The van der Waals surface area contributed by atoms with Gasteiger partial charge in [0.05, 0.1) is 6.10 Å². The molecule has 2 heteroatoms. The van der Waals surface area contributed by atoms with Gasteiger partial charge in [-0.2, -0.15) is 0 Å². The molecule has 2 aliphatic rings. The number of hydrogen-bond acceptors (Lipinski definition) is 2. The van der Waals surface area contributed by atoms with Crippen molar-refractivity contribution < 1.29 is 4.74 Å². The van der Waals surface area contributed by atoms with Crippen molar-refractivity contribution in [2.24, 2.45) is 0 Å². The zero-order valence-electron chi connectivity index (χ0n) is 9.51. The smallest absolute Gasteiger partial charge is 0.119 e. The molecule has 2 fully saturated rings. The standard InChI is InChI=1S/C12H23NO/c1-3-7-11-10(2)14-12(13-11)8-5-4-6-9-12/h10-11,13H,3-9H2,1-2H3/t10-,11+/m0/s1. The Hall–Kier alpha value is -0.0800. The van der Waals surface area contributed by atoms with Gasteiger partial charge in [0.25, 0.3) is 0 Å². The predicted octanol–water partition coefficient (Wildman–Crippen LogP) is 2.82. The molecule has 1 aliphatic carbocycles. The van der Waals surface area contributed by atoms with Crippen LogP contribution in [0.5, 0.6) is 0 Å². The van der Waals surface area contributed by atoms with Gasteiger partial charge in [-0.25, -0.2) is 0 Å². The summed E-state index contributed by atoms with van der Waals surface area (Å²) in [6, 6.07) is 0.595. The van der Waals surface area contributed by atoms with Crippen LogP contribution in [0.25, 0.3) is 0 Å². The second kappa shape index (κ2) is 4.19. The minimum absolute atomic E-state index is 0.0670. The average Bonchev–Trinajstić information content (AvgIpc) is 2.45. The zero-order chi connectivity index (χ0) is 10.0. The summed E-state index contributed by atoms with van der Waals surface area (Å²) in [6.45, 7) is 4.47. The highest BCUT2D eigenvalue weighted by atomic mass is 16.5. The van der Waals surface area contributed by atoms with Crippen molar-refractivity contribution in [3.05, 3.63) is 0 Å². The van der Waals surface area contributed by atoms with Gasteiger partial charge in [0.1, 0.15) is 5.72 Å². The highest BCUT2D eigenvalue weighted by Gasteiger charge is 2.43. The summed E-state index contributed by atoms with van der Waals surface area (Å²) in [5, 5.41) is 3.73. The maximum atomic E-state index is 6.14. The second-order valence-electron chi connectivity index (χ2n) is 4.92. The molecule has 0 amide bonds. The summed E-state index contributed by atoms with van der Waals surface area (Å²) in [6.07, 6.45) is 9.41. The van der Waals surface area contributed by atoms with E-state index in [0.29, 0.717) is 12.1 Å². The van der Waals surface area contributed by atoms with Crippen LogP contribution in [0.15, 0.2) is 0 Å². The Labute approximate surface area is 87.4 Å². The molecule has 1 spiro atoms. The van der Waals surface area contributed by atoms with E-state index in [1.807, 2.05) is 0 Å². The molecule has 0 radical (unpaired) electrons. The van der Waals surface area contributed by atoms with E-state index >= 15 is 0 Å². The second-order valence-corrected chi connectivity index (χ2v) is 4.92. The highest BCUT2D eigenvalue weighted by Crippen LogP contribution is 2.36. The van der Waals surface area contributed by atoms with E-state index in [4.69, 9.17) is 4.74 Å². The molecule has 0 aromatic carbocycles. The molecular formula is C12H23NO. The van der Waals surface area contributed by atoms with Gasteiger partial charge in [0.2, 0.25) is 0 Å². The molecule has 2 nitrogen and oxygen atoms in total. The zero-order valence-corrected chi connectivity index (χ0v) is 9.51. The predicted molar refractivity (Wildman–Crippen MR) is 58.2 cm³/mol. The summed E-state index contributed by atoms with van der Waals surface area (Å²) in [5.41, 5.74) is 0.0670. The number of hydrogen-bond donors (Lipinski definition) is 1. The molecule has 2 rings (SSSR count). The van der Waals surface area contributed by atoms with Crippen LogP contribution >= 0.6 is 0 Å². The monoisotopic (exact) mass is 197 g/mol. The van der Waals surface area contributed by atoms with Crippen LogP contribution in [0, 0.1) is 0 Å². The largest absolute Gasteiger partial charge is 0.356 e. The fourth-order valence-corrected chi connectivity index (χ4v) is 2.93. The molecule has 1 saturated heterocycles. The Balaban J connectivity index is 1.96. The van der Waals surface area contributed by atoms with Gasteiger partial charge < -0.3 is 4.74 Å². The number of nitrogens with one attached hydrogen (secondary N) is 1. The van der Waals surface area contributed by atoms with Crippen molar-refractivity contribution in [3.63, 3.8) is 0 Å². The van der Waals surface area contributed by atoms with Gasteiger partial charge in [0, 0.05) is 6.04 Å². The molecule has 0 unspecified atom stereocenters. The Bertz CT molecular complexity index is 187. The first kappa shape index (κ1) is 10.4. The molecule has 0 aromatic heterocycles. The molecule has 2 atom stereocenters. The van der Waals surface area contributed by atoms with Crippen LogP contribution < -0.4 is 5.32 Å². The highest BCUT2D eigenvalue weighted by molar-refractivity contribution is 4.94. The van der Waals surface area contributed by atoms with Crippen molar-refractivity contribution in [1.82, 2.24) is 5.32 Å². The molecular weight excluding hydrogens is 174 g/mol. The Morgan fingerprint density at radius 2 is 2.00 bits per heavy atom. The van der Waals surface area contributed by atoms with Crippen molar-refractivity contribution in [1.29, 1.82) is 0 Å². The maximum absolute atomic E-state index is 6.14. The fourth-order valence-electron chi connectivity index (χ4n) is 2.93. The quantitative estimate of drug-likeness (QED) is 0.735. The summed E-state index contributed by atoms with van der Waals surface area (Å²) in [5.74, 6) is 0. The molecule has 0 bridgehead atoms. The summed E-state index contributed by atoms with van der Waals surface area (Å²) < 4.78 is 6.14. The molecule has 1 N–H and O–H groups in total. The summed E-state index contributed by atoms with van der Waals surface area (Å²) in [4.78, 5) is 0. The van der Waals surface area contributed by atoms with Crippen molar-refractivity contribution in [3.8, 4) is 0 Å². The van der Waals surface area contributed by atoms with Crippen LogP contribution in [0.4, 0.5) is 0 Å². The van der Waals surface area contributed by atoms with Crippen LogP contribution in [0.1, 0.15) is 58.8 Å². The molecule has 1 heterocycles. The van der Waals surface area contributed by atoms with E-state index in [1.54, 1.807) is 0 Å². The molecule has 14 heavy (non-hydrogen) atoms. The fraction of sp³-hybridized carbons (Fsp3) is 1.00. The van der Waals surface area contributed by atoms with E-state index in [2.05, 4.69) is 19.2 Å². The van der Waals surface area contributed by atoms with E-state index in [1.165, 1.54) is 44.9 Å². The molecule has 82 valence electrons.